The molecule has 3 fully saturated rings. The molecule has 4 heteroatoms. The summed E-state index contributed by atoms with van der Waals surface area (Å²) in [6.45, 7) is 19.0. The molecule has 0 radical (unpaired) electrons. The topological polar surface area (TPSA) is 42.4 Å². The molecule has 4 aliphatic rings. The average Bonchev–Trinajstić information content (AvgIpc) is 3.17. The fourth-order valence-corrected chi connectivity index (χ4v) is 10.5. The Hall–Kier alpha value is -0.973. The third-order valence-corrected chi connectivity index (χ3v) is 16.7. The first kappa shape index (κ1) is 26.6. The molecule has 0 bridgehead atoms. The minimum atomic E-state index is -1.75. The van der Waals surface area contributed by atoms with E-state index in [1.165, 1.54) is 38.5 Å². The van der Waals surface area contributed by atoms with Crippen molar-refractivity contribution >= 4 is 8.32 Å². The Morgan fingerprint density at radius 2 is 1.75 bits per heavy atom. The lowest BCUT2D eigenvalue weighted by Gasteiger charge is -2.59. The maximum absolute atomic E-state index is 11.8. The van der Waals surface area contributed by atoms with E-state index in [4.69, 9.17) is 4.43 Å². The van der Waals surface area contributed by atoms with Crippen LogP contribution in [0.5, 0.6) is 0 Å². The van der Waals surface area contributed by atoms with Crippen molar-refractivity contribution < 1.29 is 9.53 Å². The molecule has 0 spiro atoms. The Balaban J connectivity index is 1.36. The molecule has 4 aliphatic carbocycles. The predicted molar refractivity (Wildman–Crippen MR) is 151 cm³/mol. The molecule has 0 saturated heterocycles. The maximum atomic E-state index is 11.8. The summed E-state index contributed by atoms with van der Waals surface area (Å²) < 4.78 is 6.92. The summed E-state index contributed by atoms with van der Waals surface area (Å²) in [6, 6.07) is 5.98. The van der Waals surface area contributed by atoms with Crippen molar-refractivity contribution in [2.24, 2.45) is 34.5 Å². The van der Waals surface area contributed by atoms with E-state index < -0.39 is 13.9 Å². The van der Waals surface area contributed by atoms with Crippen LogP contribution in [0.25, 0.3) is 0 Å². The Kier molecular flexibility index (Phi) is 6.49. The van der Waals surface area contributed by atoms with Gasteiger partial charge in [0.15, 0.2) is 8.32 Å². The van der Waals surface area contributed by atoms with Crippen LogP contribution >= 0.6 is 0 Å². The van der Waals surface area contributed by atoms with Crippen molar-refractivity contribution in [1.29, 1.82) is 0 Å². The quantitative estimate of drug-likeness (QED) is 0.328. The first-order chi connectivity index (χ1) is 16.7. The lowest BCUT2D eigenvalue weighted by molar-refractivity contribution is -0.107. The first-order valence-electron chi connectivity index (χ1n) is 14.7. The van der Waals surface area contributed by atoms with Gasteiger partial charge in [-0.15, -0.1) is 0 Å². The van der Waals surface area contributed by atoms with Gasteiger partial charge in [-0.1, -0.05) is 52.3 Å². The zero-order chi connectivity index (χ0) is 26.1. The fraction of sp³-hybridized carbons (Fsp3) is 0.781. The van der Waals surface area contributed by atoms with E-state index in [1.54, 1.807) is 5.57 Å². The number of aromatic nitrogens is 1. The lowest BCUT2D eigenvalue weighted by atomic mass is 9.46. The van der Waals surface area contributed by atoms with Gasteiger partial charge < -0.3 is 9.53 Å². The fourth-order valence-electron chi connectivity index (χ4n) is 9.09. The van der Waals surface area contributed by atoms with Crippen molar-refractivity contribution in [3.05, 3.63) is 41.7 Å². The highest BCUT2D eigenvalue weighted by atomic mass is 28.4. The highest BCUT2D eigenvalue weighted by Gasteiger charge is 2.62. The van der Waals surface area contributed by atoms with Crippen molar-refractivity contribution in [2.45, 2.75) is 123 Å². The Morgan fingerprint density at radius 1 is 1.00 bits per heavy atom. The second-order valence-corrected chi connectivity index (χ2v) is 19.8. The van der Waals surface area contributed by atoms with Gasteiger partial charge in [0.25, 0.3) is 0 Å². The van der Waals surface area contributed by atoms with Crippen molar-refractivity contribution in [3.8, 4) is 0 Å². The van der Waals surface area contributed by atoms with E-state index >= 15 is 0 Å². The number of fused-ring (bicyclic) bond motifs is 5. The molecule has 0 amide bonds. The molecule has 200 valence electrons. The van der Waals surface area contributed by atoms with E-state index in [0.29, 0.717) is 17.4 Å². The number of hydrogen-bond acceptors (Lipinski definition) is 3. The Bertz CT molecular complexity index is 995. The number of nitrogens with zero attached hydrogens (tertiary/aromatic N) is 1. The summed E-state index contributed by atoms with van der Waals surface area (Å²) in [4.78, 5) is 4.59. The minimum absolute atomic E-state index is 0.187. The van der Waals surface area contributed by atoms with Crippen LogP contribution in [0.2, 0.25) is 18.1 Å². The van der Waals surface area contributed by atoms with Gasteiger partial charge in [-0.05, 0) is 123 Å². The average molecular weight is 510 g/mol. The smallest absolute Gasteiger partial charge is 0.192 e. The molecule has 5 rings (SSSR count). The third kappa shape index (κ3) is 4.09. The molecular formula is C32H51NO2Si. The molecule has 0 aromatic carbocycles. The molecule has 36 heavy (non-hydrogen) atoms. The van der Waals surface area contributed by atoms with Crippen LogP contribution in [0.4, 0.5) is 0 Å². The van der Waals surface area contributed by atoms with Gasteiger partial charge in [-0.3, -0.25) is 4.98 Å². The first-order valence-corrected chi connectivity index (χ1v) is 17.6. The number of pyridine rings is 1. The summed E-state index contributed by atoms with van der Waals surface area (Å²) in [7, 11) is -1.75. The van der Waals surface area contributed by atoms with E-state index in [1.807, 2.05) is 31.3 Å². The van der Waals surface area contributed by atoms with Crippen molar-refractivity contribution in [2.75, 3.05) is 0 Å². The van der Waals surface area contributed by atoms with Gasteiger partial charge in [-0.2, -0.15) is 0 Å². The largest absolute Gasteiger partial charge is 0.414 e. The zero-order valence-electron chi connectivity index (χ0n) is 24.2. The van der Waals surface area contributed by atoms with Crippen LogP contribution in [-0.2, 0) is 10.0 Å². The molecule has 8 atom stereocenters. The number of hydrogen-bond donors (Lipinski definition) is 1. The molecular weight excluding hydrogens is 458 g/mol. The standard InChI is InChI=1S/C32H51NO2Si/c1-29(2,3)36(7,8)35-23-16-18-30(4)22(21-23)12-13-24-25-14-15-27(31(25,5)19-17-26(24)30)32(6,34)28-11-9-10-20-33-28/h9-12,20,23-27,34H,13-19,21H2,1-8H3/t23-,24-,25-,26-,27-,30-,31-,32+/m0/s1. The molecule has 0 unspecified atom stereocenters. The number of rotatable bonds is 4. The van der Waals surface area contributed by atoms with E-state index in [0.717, 1.165) is 30.4 Å². The lowest BCUT2D eigenvalue weighted by Crippen LogP contribution is -2.53. The third-order valence-electron chi connectivity index (χ3n) is 12.2. The van der Waals surface area contributed by atoms with Crippen LogP contribution in [0, 0.1) is 34.5 Å². The van der Waals surface area contributed by atoms with Gasteiger partial charge >= 0.3 is 0 Å². The van der Waals surface area contributed by atoms with Crippen molar-refractivity contribution in [3.63, 3.8) is 0 Å². The molecule has 0 aliphatic heterocycles. The highest BCUT2D eigenvalue weighted by molar-refractivity contribution is 6.74. The normalized spacial score (nSPS) is 40.5. The van der Waals surface area contributed by atoms with E-state index in [9.17, 15) is 5.11 Å². The minimum Gasteiger partial charge on any atom is -0.414 e. The van der Waals surface area contributed by atoms with Gasteiger partial charge in [0.2, 0.25) is 0 Å². The molecule has 3 saturated carbocycles. The van der Waals surface area contributed by atoms with Gasteiger partial charge in [-0.25, -0.2) is 0 Å². The predicted octanol–water partition coefficient (Wildman–Crippen LogP) is 8.26. The van der Waals surface area contributed by atoms with E-state index in [2.05, 4.69) is 58.8 Å². The number of allylic oxidation sites excluding steroid dienone is 1. The second-order valence-electron chi connectivity index (χ2n) is 15.0. The van der Waals surface area contributed by atoms with Crippen LogP contribution in [0.15, 0.2) is 36.0 Å². The summed E-state index contributed by atoms with van der Waals surface area (Å²) in [5.74, 6) is 2.51. The molecule has 1 heterocycles. The summed E-state index contributed by atoms with van der Waals surface area (Å²) in [5.41, 5.74) is 2.20. The van der Waals surface area contributed by atoms with Crippen molar-refractivity contribution in [1.82, 2.24) is 4.98 Å². The summed E-state index contributed by atoms with van der Waals surface area (Å²) in [5, 5.41) is 12.1. The summed E-state index contributed by atoms with van der Waals surface area (Å²) in [6.07, 6.45) is 14.6. The maximum Gasteiger partial charge on any atom is 0.192 e. The van der Waals surface area contributed by atoms with Crippen LogP contribution in [-0.4, -0.2) is 24.5 Å². The molecule has 1 aromatic heterocycles. The Labute approximate surface area is 221 Å². The van der Waals surface area contributed by atoms with E-state index in [-0.39, 0.29) is 16.4 Å². The molecule has 1 aromatic rings. The highest BCUT2D eigenvalue weighted by Crippen LogP contribution is 2.68. The van der Waals surface area contributed by atoms with Gasteiger partial charge in [0.05, 0.1) is 5.69 Å². The van der Waals surface area contributed by atoms with Gasteiger partial charge in [0.1, 0.15) is 5.60 Å². The Morgan fingerprint density at radius 3 is 2.42 bits per heavy atom. The second kappa shape index (κ2) is 8.78. The summed E-state index contributed by atoms with van der Waals surface area (Å²) >= 11 is 0. The number of aliphatic hydroxyl groups is 1. The van der Waals surface area contributed by atoms with Gasteiger partial charge in [0, 0.05) is 12.3 Å². The molecule has 1 N–H and O–H groups in total. The van der Waals surface area contributed by atoms with Crippen LogP contribution in [0.1, 0.15) is 98.6 Å². The van der Waals surface area contributed by atoms with Crippen LogP contribution < -0.4 is 0 Å². The zero-order valence-corrected chi connectivity index (χ0v) is 25.2. The monoisotopic (exact) mass is 509 g/mol. The molecule has 3 nitrogen and oxygen atoms in total. The van der Waals surface area contributed by atoms with Crippen LogP contribution in [0.3, 0.4) is 0 Å². The SMILES string of the molecule is CC(C)(C)[Si](C)(C)O[C@H]1CC[C@@]2(C)C(=CC[C@H]3[C@@H]4CC[C@H]([C@@](C)(O)c5ccccn5)[C@@]4(C)CC[C@@H]32)C1.